The average Bonchev–Trinajstić information content (AvgIpc) is 3.21. The molecule has 5 rings (SSSR count). The normalized spacial score (nSPS) is 23.7. The molecule has 2 aliphatic heterocycles. The molecule has 0 bridgehead atoms. The SMILES string of the molecule is CC1N(CCC[Si](C)(C)C)c2ccc(C3=C([O-])/C(=c4\ccc5c(c4)C(C)(C)C(C)[N+]=5CCC[Si](C)(C)C)C3=O)cc2C1(C)C. The first-order valence-corrected chi connectivity index (χ1v) is 24.3. The van der Waals surface area contributed by atoms with Gasteiger partial charge in [0, 0.05) is 69.0 Å². The fraction of sp³-hybridized carbons (Fsp3) is 0.579. The second-order valence-corrected chi connectivity index (χ2v) is 28.6. The van der Waals surface area contributed by atoms with Crippen molar-refractivity contribution in [1.82, 2.24) is 4.58 Å². The third-order valence-corrected chi connectivity index (χ3v) is 14.9. The number of fused-ring (bicyclic) bond motifs is 2. The van der Waals surface area contributed by atoms with Gasteiger partial charge in [0.05, 0.1) is 5.41 Å². The molecule has 1 aliphatic carbocycles. The van der Waals surface area contributed by atoms with Crippen molar-refractivity contribution < 1.29 is 9.90 Å². The Balaban J connectivity index is 1.49. The number of hydrogen-bond donors (Lipinski definition) is 0. The molecule has 0 radical (unpaired) electrons. The summed E-state index contributed by atoms with van der Waals surface area (Å²) in [5.74, 6) is -0.219. The van der Waals surface area contributed by atoms with Gasteiger partial charge in [0.15, 0.2) is 11.8 Å². The van der Waals surface area contributed by atoms with E-state index < -0.39 is 16.1 Å². The molecule has 0 amide bonds. The summed E-state index contributed by atoms with van der Waals surface area (Å²) in [5.41, 5.74) is 5.12. The number of carbonyl (C=O) groups is 1. The lowest BCUT2D eigenvalue weighted by Gasteiger charge is -2.32. The van der Waals surface area contributed by atoms with Crippen LogP contribution in [0.25, 0.3) is 11.1 Å². The molecule has 4 nitrogen and oxygen atoms in total. The number of hydrogen-bond acceptors (Lipinski definition) is 3. The molecule has 2 unspecified atom stereocenters. The highest BCUT2D eigenvalue weighted by Gasteiger charge is 2.45. The molecule has 0 aromatic heterocycles. The largest absolute Gasteiger partial charge is 0.871 e. The lowest BCUT2D eigenvalue weighted by atomic mass is 9.77. The maximum atomic E-state index is 13.7. The Morgan fingerprint density at radius 2 is 1.45 bits per heavy atom. The van der Waals surface area contributed by atoms with E-state index in [1.165, 1.54) is 47.1 Å². The van der Waals surface area contributed by atoms with Crippen molar-refractivity contribution in [1.29, 1.82) is 0 Å². The van der Waals surface area contributed by atoms with Crippen LogP contribution in [0.2, 0.25) is 51.4 Å². The van der Waals surface area contributed by atoms with Crippen LogP contribution < -0.4 is 25.2 Å². The third-order valence-electron chi connectivity index (χ3n) is 11.2. The molecule has 2 aromatic rings. The van der Waals surface area contributed by atoms with Crippen molar-refractivity contribution in [2.45, 2.75) is 129 Å². The first-order valence-electron chi connectivity index (χ1n) is 16.9. The summed E-state index contributed by atoms with van der Waals surface area (Å²) in [7, 11) is -2.18. The molecule has 0 spiro atoms. The Hall–Kier alpha value is -2.45. The quantitative estimate of drug-likeness (QED) is 0.242. The van der Waals surface area contributed by atoms with Crippen LogP contribution in [0.1, 0.15) is 71.1 Å². The van der Waals surface area contributed by atoms with Gasteiger partial charge >= 0.3 is 0 Å². The highest BCUT2D eigenvalue weighted by molar-refractivity contribution is 6.76. The molecule has 238 valence electrons. The summed E-state index contributed by atoms with van der Waals surface area (Å²) >= 11 is 0. The monoisotopic (exact) mass is 628 g/mol. The molecule has 3 aliphatic rings. The first-order chi connectivity index (χ1) is 20.3. The highest BCUT2D eigenvalue weighted by atomic mass is 28.3. The fourth-order valence-corrected chi connectivity index (χ4v) is 10.1. The Morgan fingerprint density at radius 3 is 2.07 bits per heavy atom. The summed E-state index contributed by atoms with van der Waals surface area (Å²) in [6.07, 6.45) is 2.41. The number of allylic oxidation sites excluding steroid dienone is 2. The van der Waals surface area contributed by atoms with Gasteiger partial charge in [-0.05, 0) is 74.7 Å². The van der Waals surface area contributed by atoms with Crippen LogP contribution in [-0.4, -0.2) is 47.1 Å². The van der Waals surface area contributed by atoms with Crippen molar-refractivity contribution in [3.05, 3.63) is 69.4 Å². The van der Waals surface area contributed by atoms with E-state index in [0.29, 0.717) is 23.2 Å². The predicted molar refractivity (Wildman–Crippen MR) is 191 cm³/mol. The van der Waals surface area contributed by atoms with Gasteiger partial charge in [0.2, 0.25) is 5.36 Å². The van der Waals surface area contributed by atoms with Crippen LogP contribution in [0.3, 0.4) is 0 Å². The predicted octanol–water partition coefficient (Wildman–Crippen LogP) is 6.31. The maximum absolute atomic E-state index is 13.7. The molecule has 6 heteroatoms. The van der Waals surface area contributed by atoms with Crippen LogP contribution in [0, 0.1) is 0 Å². The van der Waals surface area contributed by atoms with E-state index in [0.717, 1.165) is 23.9 Å². The third kappa shape index (κ3) is 5.70. The summed E-state index contributed by atoms with van der Waals surface area (Å²) in [4.78, 5) is 16.3. The van der Waals surface area contributed by atoms with E-state index in [1.54, 1.807) is 0 Å². The standard InChI is InChI=1S/C38H56N2O2Si2/c1-25-37(3,4)29-23-27(15-17-31(29)39(25)19-13-21-43(7,8)9)33-35(41)34(36(33)42)28-16-18-32-30(24-28)38(5,6)26(2)40(32)20-14-22-44(10,11)12/h15-18,23-26H,13-14,19-22H2,1-12H3. The van der Waals surface area contributed by atoms with Gasteiger partial charge in [-0.2, -0.15) is 0 Å². The van der Waals surface area contributed by atoms with Crippen LogP contribution in [0.5, 0.6) is 0 Å². The first kappa shape index (κ1) is 32.9. The zero-order chi connectivity index (χ0) is 32.6. The number of carbonyl (C=O) groups excluding carboxylic acids is 1. The topological polar surface area (TPSA) is 46.4 Å². The number of ketones is 1. The summed E-state index contributed by atoms with van der Waals surface area (Å²) in [6.45, 7) is 30.6. The van der Waals surface area contributed by atoms with Crippen LogP contribution >= 0.6 is 0 Å². The summed E-state index contributed by atoms with van der Waals surface area (Å²) < 4.78 is 2.55. The van der Waals surface area contributed by atoms with E-state index in [9.17, 15) is 9.90 Å². The molecular formula is C38H56N2O2Si2. The summed E-state index contributed by atoms with van der Waals surface area (Å²) in [6, 6.07) is 16.0. The zero-order valence-corrected chi connectivity index (χ0v) is 31.6. The Morgan fingerprint density at radius 1 is 0.818 bits per heavy atom. The lowest BCUT2D eigenvalue weighted by Crippen LogP contribution is -2.39. The van der Waals surface area contributed by atoms with Crippen LogP contribution in [-0.2, 0) is 15.6 Å². The molecule has 0 fully saturated rings. The van der Waals surface area contributed by atoms with Crippen molar-refractivity contribution in [2.24, 2.45) is 0 Å². The molecule has 2 heterocycles. The number of anilines is 1. The smallest absolute Gasteiger partial charge is 0.204 e. The van der Waals surface area contributed by atoms with Crippen LogP contribution in [0.15, 0.2) is 42.2 Å². The number of rotatable bonds is 9. The average molecular weight is 629 g/mol. The van der Waals surface area contributed by atoms with Crippen molar-refractivity contribution in [2.75, 3.05) is 18.0 Å². The number of nitrogens with zero attached hydrogens (tertiary/aromatic N) is 2. The minimum atomic E-state index is -1.09. The van der Waals surface area contributed by atoms with Crippen LogP contribution in [0.4, 0.5) is 5.69 Å². The van der Waals surface area contributed by atoms with Gasteiger partial charge in [0.25, 0.3) is 0 Å². The van der Waals surface area contributed by atoms with Crippen molar-refractivity contribution in [3.8, 4) is 0 Å². The summed E-state index contributed by atoms with van der Waals surface area (Å²) in [5, 5.41) is 15.7. The van der Waals surface area contributed by atoms with E-state index in [-0.39, 0.29) is 22.4 Å². The molecular weight excluding hydrogens is 573 g/mol. The molecule has 44 heavy (non-hydrogen) atoms. The molecule has 2 aromatic carbocycles. The molecule has 0 saturated carbocycles. The second kappa shape index (κ2) is 11.1. The molecule has 0 saturated heterocycles. The number of Topliss-reactive ketones (excluding diaryl/α,β-unsaturated/α-hetero) is 1. The molecule has 2 atom stereocenters. The van der Waals surface area contributed by atoms with Gasteiger partial charge in [-0.1, -0.05) is 77.0 Å². The number of benzene rings is 2. The van der Waals surface area contributed by atoms with E-state index >= 15 is 0 Å². The molecule has 0 N–H and O–H groups in total. The Labute approximate surface area is 268 Å². The minimum absolute atomic E-state index is 0.0589. The minimum Gasteiger partial charge on any atom is -0.871 e. The second-order valence-electron chi connectivity index (χ2n) is 17.4. The maximum Gasteiger partial charge on any atom is 0.204 e. The van der Waals surface area contributed by atoms with Gasteiger partial charge in [-0.15, -0.1) is 0 Å². The van der Waals surface area contributed by atoms with Gasteiger partial charge in [-0.3, -0.25) is 4.79 Å². The van der Waals surface area contributed by atoms with Gasteiger partial charge in [0.1, 0.15) is 6.54 Å². The van der Waals surface area contributed by atoms with Gasteiger partial charge in [-0.25, -0.2) is 4.58 Å². The van der Waals surface area contributed by atoms with Gasteiger partial charge < -0.3 is 10.0 Å². The fourth-order valence-electron chi connectivity index (χ4n) is 7.67. The van der Waals surface area contributed by atoms with E-state index in [1.807, 2.05) is 12.1 Å². The van der Waals surface area contributed by atoms with Crippen molar-refractivity contribution >= 4 is 38.8 Å². The Bertz CT molecular complexity index is 1650. The highest BCUT2D eigenvalue weighted by Crippen LogP contribution is 2.47. The zero-order valence-electron chi connectivity index (χ0n) is 29.6. The lowest BCUT2D eigenvalue weighted by molar-refractivity contribution is -0.292. The van der Waals surface area contributed by atoms with E-state index in [4.69, 9.17) is 0 Å². The Kier molecular flexibility index (Phi) is 8.32. The van der Waals surface area contributed by atoms with E-state index in [2.05, 4.69) is 115 Å². The van der Waals surface area contributed by atoms with Crippen molar-refractivity contribution in [3.63, 3.8) is 0 Å².